The summed E-state index contributed by atoms with van der Waals surface area (Å²) < 4.78 is 0.276. The van der Waals surface area contributed by atoms with Crippen LogP contribution in [-0.4, -0.2) is 16.3 Å². The first-order chi connectivity index (χ1) is 12.4. The van der Waals surface area contributed by atoms with Crippen LogP contribution in [0.3, 0.4) is 0 Å². The lowest BCUT2D eigenvalue weighted by Gasteiger charge is -2.61. The van der Waals surface area contributed by atoms with E-state index in [-0.39, 0.29) is 9.74 Å². The SMILES string of the molecule is C[C@H](NC(=O)C12C[C@@H]3C[C@H](CC(Br)(C3)C1)C2)C12CC3CC(CC(C3)C1)C2. The molecule has 8 saturated carbocycles. The molecule has 0 saturated heterocycles. The minimum Gasteiger partial charge on any atom is -0.353 e. The average Bonchev–Trinajstić information content (AvgIpc) is 2.51. The van der Waals surface area contributed by atoms with Crippen LogP contribution >= 0.6 is 15.9 Å². The number of alkyl halides is 1. The van der Waals surface area contributed by atoms with Gasteiger partial charge in [-0.05, 0) is 119 Å². The normalized spacial score (nSPS) is 57.4. The van der Waals surface area contributed by atoms with E-state index in [2.05, 4.69) is 28.2 Å². The Morgan fingerprint density at radius 3 is 1.85 bits per heavy atom. The molecule has 0 spiro atoms. The van der Waals surface area contributed by atoms with Crippen molar-refractivity contribution in [1.29, 1.82) is 0 Å². The van der Waals surface area contributed by atoms with Gasteiger partial charge in [-0.2, -0.15) is 0 Å². The Labute approximate surface area is 166 Å². The fourth-order valence-electron chi connectivity index (χ4n) is 9.63. The molecule has 8 aliphatic rings. The van der Waals surface area contributed by atoms with Gasteiger partial charge in [0.15, 0.2) is 0 Å². The van der Waals surface area contributed by atoms with Crippen molar-refractivity contribution >= 4 is 21.8 Å². The van der Waals surface area contributed by atoms with Crippen LogP contribution in [-0.2, 0) is 4.79 Å². The molecule has 8 fully saturated rings. The maximum Gasteiger partial charge on any atom is 0.226 e. The molecule has 0 aromatic carbocycles. The molecular formula is C23H34BrNO. The molecule has 0 aromatic heterocycles. The van der Waals surface area contributed by atoms with Gasteiger partial charge in [-0.1, -0.05) is 15.9 Å². The van der Waals surface area contributed by atoms with Crippen LogP contribution in [0.5, 0.6) is 0 Å². The molecule has 26 heavy (non-hydrogen) atoms. The Bertz CT molecular complexity index is 593. The molecule has 8 bridgehead atoms. The maximum atomic E-state index is 13.6. The van der Waals surface area contributed by atoms with E-state index in [0.29, 0.717) is 17.4 Å². The fraction of sp³-hybridized carbons (Fsp3) is 0.957. The van der Waals surface area contributed by atoms with Gasteiger partial charge in [-0.25, -0.2) is 0 Å². The van der Waals surface area contributed by atoms with Crippen LogP contribution in [0.1, 0.15) is 84.0 Å². The zero-order valence-electron chi connectivity index (χ0n) is 16.2. The van der Waals surface area contributed by atoms with Gasteiger partial charge in [-0.3, -0.25) is 4.79 Å². The molecule has 1 N–H and O–H groups in total. The number of carbonyl (C=O) groups is 1. The highest BCUT2D eigenvalue weighted by molar-refractivity contribution is 9.10. The number of hydrogen-bond donors (Lipinski definition) is 1. The third-order valence-electron chi connectivity index (χ3n) is 9.82. The number of carbonyl (C=O) groups excluding carboxylic acids is 1. The first kappa shape index (κ1) is 16.9. The average molecular weight is 420 g/mol. The van der Waals surface area contributed by atoms with E-state index in [1.807, 2.05) is 0 Å². The summed E-state index contributed by atoms with van der Waals surface area (Å²) >= 11 is 4.08. The molecule has 0 radical (unpaired) electrons. The Hall–Kier alpha value is -0.0500. The summed E-state index contributed by atoms with van der Waals surface area (Å²) in [4.78, 5) is 13.6. The van der Waals surface area contributed by atoms with Crippen LogP contribution in [0, 0.1) is 40.4 Å². The second-order valence-electron chi connectivity index (χ2n) is 11.9. The molecule has 8 aliphatic carbocycles. The number of nitrogens with one attached hydrogen (secondary N) is 1. The molecule has 3 heteroatoms. The van der Waals surface area contributed by atoms with Crippen molar-refractivity contribution < 1.29 is 4.79 Å². The van der Waals surface area contributed by atoms with Gasteiger partial charge in [0, 0.05) is 10.4 Å². The fourth-order valence-corrected chi connectivity index (χ4v) is 11.1. The molecule has 0 aromatic rings. The lowest BCUT2D eigenvalue weighted by molar-refractivity contribution is -0.148. The first-order valence-corrected chi connectivity index (χ1v) is 12.1. The molecule has 3 atom stereocenters. The molecule has 144 valence electrons. The second kappa shape index (κ2) is 5.30. The summed E-state index contributed by atoms with van der Waals surface area (Å²) in [7, 11) is 0. The zero-order chi connectivity index (χ0) is 17.7. The Balaban J connectivity index is 1.22. The van der Waals surface area contributed by atoms with Crippen LogP contribution < -0.4 is 5.32 Å². The van der Waals surface area contributed by atoms with Crippen molar-refractivity contribution in [3.8, 4) is 0 Å². The van der Waals surface area contributed by atoms with E-state index in [1.165, 1.54) is 57.8 Å². The highest BCUT2D eigenvalue weighted by Gasteiger charge is 2.60. The molecule has 0 unspecified atom stereocenters. The van der Waals surface area contributed by atoms with Gasteiger partial charge < -0.3 is 5.32 Å². The van der Waals surface area contributed by atoms with Crippen molar-refractivity contribution in [2.75, 3.05) is 0 Å². The summed E-state index contributed by atoms with van der Waals surface area (Å²) in [6.45, 7) is 2.36. The van der Waals surface area contributed by atoms with E-state index in [0.717, 1.165) is 48.9 Å². The number of hydrogen-bond acceptors (Lipinski definition) is 1. The van der Waals surface area contributed by atoms with E-state index in [4.69, 9.17) is 0 Å². The van der Waals surface area contributed by atoms with E-state index in [1.54, 1.807) is 0 Å². The quantitative estimate of drug-likeness (QED) is 0.605. The van der Waals surface area contributed by atoms with Gasteiger partial charge in [0.05, 0.1) is 5.41 Å². The summed E-state index contributed by atoms with van der Waals surface area (Å²) in [5.74, 6) is 4.90. The zero-order valence-corrected chi connectivity index (χ0v) is 17.8. The van der Waals surface area contributed by atoms with Crippen molar-refractivity contribution in [2.45, 2.75) is 94.3 Å². The van der Waals surface area contributed by atoms with E-state index < -0.39 is 0 Å². The van der Waals surface area contributed by atoms with Crippen LogP contribution in [0.15, 0.2) is 0 Å². The molecule has 1 amide bonds. The van der Waals surface area contributed by atoms with Crippen molar-refractivity contribution in [3.63, 3.8) is 0 Å². The Morgan fingerprint density at radius 1 is 0.846 bits per heavy atom. The van der Waals surface area contributed by atoms with Crippen molar-refractivity contribution in [1.82, 2.24) is 5.32 Å². The van der Waals surface area contributed by atoms with Crippen LogP contribution in [0.4, 0.5) is 0 Å². The Morgan fingerprint density at radius 2 is 1.35 bits per heavy atom. The monoisotopic (exact) mass is 419 g/mol. The van der Waals surface area contributed by atoms with Gasteiger partial charge in [0.1, 0.15) is 0 Å². The largest absolute Gasteiger partial charge is 0.353 e. The lowest BCUT2D eigenvalue weighted by Crippen LogP contribution is -2.62. The summed E-state index contributed by atoms with van der Waals surface area (Å²) in [6, 6.07) is 0.377. The van der Waals surface area contributed by atoms with E-state index in [9.17, 15) is 4.79 Å². The third-order valence-corrected chi connectivity index (χ3v) is 10.8. The first-order valence-electron chi connectivity index (χ1n) is 11.4. The highest BCUT2D eigenvalue weighted by atomic mass is 79.9. The van der Waals surface area contributed by atoms with E-state index >= 15 is 0 Å². The third kappa shape index (κ3) is 2.37. The highest BCUT2D eigenvalue weighted by Crippen LogP contribution is 2.65. The molecule has 0 aliphatic heterocycles. The topological polar surface area (TPSA) is 29.1 Å². The minimum absolute atomic E-state index is 0.0515. The summed E-state index contributed by atoms with van der Waals surface area (Å²) in [5, 5.41) is 3.65. The molecule has 0 heterocycles. The lowest BCUT2D eigenvalue weighted by atomic mass is 9.47. The molecular weight excluding hydrogens is 386 g/mol. The van der Waals surface area contributed by atoms with Crippen LogP contribution in [0.25, 0.3) is 0 Å². The number of rotatable bonds is 3. The predicted octanol–water partition coefficient (Wildman–Crippen LogP) is 5.44. The smallest absolute Gasteiger partial charge is 0.226 e. The summed E-state index contributed by atoms with van der Waals surface area (Å²) in [6.07, 6.45) is 16.0. The summed E-state index contributed by atoms with van der Waals surface area (Å²) in [5.41, 5.74) is 0.378. The molecule has 8 rings (SSSR count). The molecule has 2 nitrogen and oxygen atoms in total. The van der Waals surface area contributed by atoms with Crippen LogP contribution in [0.2, 0.25) is 0 Å². The van der Waals surface area contributed by atoms with Gasteiger partial charge in [0.2, 0.25) is 5.91 Å². The minimum atomic E-state index is -0.0515. The van der Waals surface area contributed by atoms with Crippen molar-refractivity contribution in [2.24, 2.45) is 40.4 Å². The van der Waals surface area contributed by atoms with Gasteiger partial charge in [-0.15, -0.1) is 0 Å². The second-order valence-corrected chi connectivity index (χ2v) is 13.5. The Kier molecular flexibility index (Phi) is 3.44. The van der Waals surface area contributed by atoms with Crippen molar-refractivity contribution in [3.05, 3.63) is 0 Å². The standard InChI is InChI=1S/C23H34BrNO/c1-14(21-6-15-2-16(7-21)4-17(3-15)8-21)25-20(26)22-9-18-5-19(10-22)12-23(24,11-18)13-22/h14-19H,2-13H2,1H3,(H,25,26)/t14-,15?,16?,17?,18-,19-,21?,22?,23?/m0/s1. The van der Waals surface area contributed by atoms with Gasteiger partial charge in [0.25, 0.3) is 0 Å². The number of halogens is 1. The van der Waals surface area contributed by atoms with Gasteiger partial charge >= 0.3 is 0 Å². The maximum absolute atomic E-state index is 13.6. The number of amides is 1. The predicted molar refractivity (Wildman–Crippen MR) is 107 cm³/mol.